The van der Waals surface area contributed by atoms with Crippen molar-refractivity contribution in [3.63, 3.8) is 0 Å². The lowest BCUT2D eigenvalue weighted by molar-refractivity contribution is -0.134. The standard InChI is InChI=1S/C11H18O2/c1-4-6-8-10(7-5-2)9-11(12)13-3/h4,9H,1,5-8H2,2-3H3. The minimum Gasteiger partial charge on any atom is -0.466 e. The molecule has 0 radical (unpaired) electrons. The van der Waals surface area contributed by atoms with Crippen LogP contribution in [0.25, 0.3) is 0 Å². The average molecular weight is 182 g/mol. The van der Waals surface area contributed by atoms with Crippen LogP contribution in [0.4, 0.5) is 0 Å². The minimum absolute atomic E-state index is 0.257. The molecule has 0 aliphatic rings. The van der Waals surface area contributed by atoms with E-state index in [1.807, 2.05) is 6.08 Å². The highest BCUT2D eigenvalue weighted by Crippen LogP contribution is 2.12. The van der Waals surface area contributed by atoms with Crippen LogP contribution in [0.2, 0.25) is 0 Å². The van der Waals surface area contributed by atoms with E-state index in [2.05, 4.69) is 18.2 Å². The summed E-state index contributed by atoms with van der Waals surface area (Å²) in [6, 6.07) is 0. The molecule has 0 saturated heterocycles. The fraction of sp³-hybridized carbons (Fsp3) is 0.545. The zero-order valence-electron chi connectivity index (χ0n) is 8.51. The number of allylic oxidation sites excluding steroid dienone is 2. The molecular formula is C11H18O2. The van der Waals surface area contributed by atoms with Crippen LogP contribution in [0.5, 0.6) is 0 Å². The Hall–Kier alpha value is -1.05. The van der Waals surface area contributed by atoms with Crippen molar-refractivity contribution in [3.05, 3.63) is 24.3 Å². The van der Waals surface area contributed by atoms with E-state index < -0.39 is 0 Å². The van der Waals surface area contributed by atoms with E-state index in [-0.39, 0.29) is 5.97 Å². The molecule has 2 heteroatoms. The number of hydrogen-bond acceptors (Lipinski definition) is 2. The fourth-order valence-electron chi connectivity index (χ4n) is 1.10. The highest BCUT2D eigenvalue weighted by atomic mass is 16.5. The third-order valence-electron chi connectivity index (χ3n) is 1.76. The van der Waals surface area contributed by atoms with Crippen LogP contribution in [-0.2, 0) is 9.53 Å². The van der Waals surface area contributed by atoms with Gasteiger partial charge in [-0.15, -0.1) is 6.58 Å². The zero-order chi connectivity index (χ0) is 10.1. The number of carbonyl (C=O) groups excluding carboxylic acids is 1. The second kappa shape index (κ2) is 7.59. The molecule has 74 valence electrons. The highest BCUT2D eigenvalue weighted by molar-refractivity contribution is 5.82. The summed E-state index contributed by atoms with van der Waals surface area (Å²) in [5.41, 5.74) is 1.15. The van der Waals surface area contributed by atoms with Gasteiger partial charge in [-0.25, -0.2) is 4.79 Å². The van der Waals surface area contributed by atoms with Crippen LogP contribution in [-0.4, -0.2) is 13.1 Å². The quantitative estimate of drug-likeness (QED) is 0.358. The summed E-state index contributed by atoms with van der Waals surface area (Å²) in [6.07, 6.45) is 7.30. The Balaban J connectivity index is 4.12. The Morgan fingerprint density at radius 3 is 2.62 bits per heavy atom. The van der Waals surface area contributed by atoms with Crippen molar-refractivity contribution in [1.82, 2.24) is 0 Å². The summed E-state index contributed by atoms with van der Waals surface area (Å²) >= 11 is 0. The number of carbonyl (C=O) groups is 1. The maximum absolute atomic E-state index is 10.9. The van der Waals surface area contributed by atoms with Gasteiger partial charge in [0.15, 0.2) is 0 Å². The molecule has 0 aromatic carbocycles. The van der Waals surface area contributed by atoms with Crippen molar-refractivity contribution in [2.75, 3.05) is 7.11 Å². The molecule has 0 aromatic heterocycles. The topological polar surface area (TPSA) is 26.3 Å². The molecule has 0 aromatic rings. The molecule has 0 spiro atoms. The van der Waals surface area contributed by atoms with Crippen LogP contribution in [0, 0.1) is 0 Å². The predicted molar refractivity (Wildman–Crippen MR) is 54.4 cm³/mol. The lowest BCUT2D eigenvalue weighted by Gasteiger charge is -2.03. The van der Waals surface area contributed by atoms with E-state index in [4.69, 9.17) is 0 Å². The van der Waals surface area contributed by atoms with E-state index in [0.29, 0.717) is 0 Å². The Bertz CT molecular complexity index is 192. The first-order chi connectivity index (χ1) is 6.24. The monoisotopic (exact) mass is 182 g/mol. The second-order valence-corrected chi connectivity index (χ2v) is 2.90. The van der Waals surface area contributed by atoms with Crippen molar-refractivity contribution in [3.8, 4) is 0 Å². The van der Waals surface area contributed by atoms with Gasteiger partial charge < -0.3 is 4.74 Å². The van der Waals surface area contributed by atoms with E-state index in [9.17, 15) is 4.79 Å². The third-order valence-corrected chi connectivity index (χ3v) is 1.76. The van der Waals surface area contributed by atoms with Gasteiger partial charge in [-0.05, 0) is 19.3 Å². The lowest BCUT2D eigenvalue weighted by Crippen LogP contribution is -1.97. The Labute approximate surface area is 80.3 Å². The molecule has 0 aliphatic heterocycles. The third kappa shape index (κ3) is 6.14. The SMILES string of the molecule is C=CCCC(=CC(=O)OC)CCC. The Kier molecular flexibility index (Phi) is 6.98. The molecule has 0 heterocycles. The van der Waals surface area contributed by atoms with Crippen molar-refractivity contribution in [2.24, 2.45) is 0 Å². The van der Waals surface area contributed by atoms with E-state index in [1.54, 1.807) is 6.08 Å². The first kappa shape index (κ1) is 11.9. The van der Waals surface area contributed by atoms with Gasteiger partial charge in [0.1, 0.15) is 0 Å². The zero-order valence-corrected chi connectivity index (χ0v) is 8.51. The summed E-state index contributed by atoms with van der Waals surface area (Å²) in [4.78, 5) is 10.9. The molecular weight excluding hydrogens is 164 g/mol. The lowest BCUT2D eigenvalue weighted by atomic mass is 10.1. The van der Waals surface area contributed by atoms with Gasteiger partial charge in [-0.2, -0.15) is 0 Å². The summed E-state index contributed by atoms with van der Waals surface area (Å²) in [5, 5.41) is 0. The van der Waals surface area contributed by atoms with Crippen molar-refractivity contribution >= 4 is 5.97 Å². The second-order valence-electron chi connectivity index (χ2n) is 2.90. The van der Waals surface area contributed by atoms with Gasteiger partial charge in [-0.1, -0.05) is 25.0 Å². The van der Waals surface area contributed by atoms with Crippen LogP contribution >= 0.6 is 0 Å². The molecule has 0 rings (SSSR count). The molecule has 0 bridgehead atoms. The van der Waals surface area contributed by atoms with Crippen LogP contribution in [0.3, 0.4) is 0 Å². The Morgan fingerprint density at radius 1 is 1.46 bits per heavy atom. The summed E-state index contributed by atoms with van der Waals surface area (Å²) in [6.45, 7) is 5.74. The molecule has 0 N–H and O–H groups in total. The number of esters is 1. The summed E-state index contributed by atoms with van der Waals surface area (Å²) < 4.78 is 4.57. The van der Waals surface area contributed by atoms with Crippen molar-refractivity contribution in [2.45, 2.75) is 32.6 Å². The largest absolute Gasteiger partial charge is 0.466 e. The predicted octanol–water partition coefficient (Wildman–Crippen LogP) is 2.85. The maximum atomic E-state index is 10.9. The molecule has 0 aliphatic carbocycles. The van der Waals surface area contributed by atoms with E-state index >= 15 is 0 Å². The molecule has 13 heavy (non-hydrogen) atoms. The normalized spacial score (nSPS) is 11.1. The van der Waals surface area contributed by atoms with Crippen LogP contribution in [0.15, 0.2) is 24.3 Å². The minimum atomic E-state index is -0.257. The van der Waals surface area contributed by atoms with E-state index in [0.717, 1.165) is 31.3 Å². The molecule has 0 saturated carbocycles. The van der Waals surface area contributed by atoms with Crippen molar-refractivity contribution < 1.29 is 9.53 Å². The number of hydrogen-bond donors (Lipinski definition) is 0. The first-order valence-electron chi connectivity index (χ1n) is 4.62. The summed E-state index contributed by atoms with van der Waals surface area (Å²) in [7, 11) is 1.40. The van der Waals surface area contributed by atoms with Gasteiger partial charge in [-0.3, -0.25) is 0 Å². The maximum Gasteiger partial charge on any atom is 0.330 e. The fourth-order valence-corrected chi connectivity index (χ4v) is 1.10. The smallest absolute Gasteiger partial charge is 0.330 e. The molecule has 0 amide bonds. The Morgan fingerprint density at radius 2 is 2.15 bits per heavy atom. The van der Waals surface area contributed by atoms with Crippen LogP contribution < -0.4 is 0 Å². The van der Waals surface area contributed by atoms with Crippen molar-refractivity contribution in [1.29, 1.82) is 0 Å². The molecule has 2 nitrogen and oxygen atoms in total. The molecule has 0 unspecified atom stereocenters. The van der Waals surface area contributed by atoms with Gasteiger partial charge in [0.25, 0.3) is 0 Å². The van der Waals surface area contributed by atoms with Gasteiger partial charge in [0.2, 0.25) is 0 Å². The first-order valence-corrected chi connectivity index (χ1v) is 4.62. The van der Waals surface area contributed by atoms with Crippen LogP contribution in [0.1, 0.15) is 32.6 Å². The number of rotatable bonds is 6. The van der Waals surface area contributed by atoms with Gasteiger partial charge >= 0.3 is 5.97 Å². The number of ether oxygens (including phenoxy) is 1. The molecule has 0 fully saturated rings. The van der Waals surface area contributed by atoms with Gasteiger partial charge in [0.05, 0.1) is 7.11 Å². The van der Waals surface area contributed by atoms with Gasteiger partial charge in [0, 0.05) is 6.08 Å². The molecule has 0 atom stereocenters. The summed E-state index contributed by atoms with van der Waals surface area (Å²) in [5.74, 6) is -0.257. The van der Waals surface area contributed by atoms with E-state index in [1.165, 1.54) is 7.11 Å². The average Bonchev–Trinajstić information content (AvgIpc) is 2.14. The number of methoxy groups -OCH3 is 1. The highest BCUT2D eigenvalue weighted by Gasteiger charge is 1.99.